The van der Waals surface area contributed by atoms with Crippen LogP contribution in [0.15, 0.2) is 48.5 Å². The molecular formula is C56H74O11. The molecule has 0 saturated heterocycles. The van der Waals surface area contributed by atoms with Gasteiger partial charge in [0.05, 0.1) is 35.5 Å². The van der Waals surface area contributed by atoms with Crippen molar-refractivity contribution in [1.29, 1.82) is 0 Å². The molecule has 4 aromatic rings. The average Bonchev–Trinajstić information content (AvgIpc) is 3.24. The first-order chi connectivity index (χ1) is 31.3. The fourth-order valence-electron chi connectivity index (χ4n) is 7.85. The van der Waals surface area contributed by atoms with E-state index in [1.165, 1.54) is 0 Å². The van der Waals surface area contributed by atoms with E-state index in [0.717, 1.165) is 0 Å². The van der Waals surface area contributed by atoms with Gasteiger partial charge in [0.2, 0.25) is 0 Å². The molecular weight excluding hydrogens is 849 g/mol. The first-order valence-electron chi connectivity index (χ1n) is 23.8. The van der Waals surface area contributed by atoms with Crippen molar-refractivity contribution in [3.05, 3.63) is 115 Å². The van der Waals surface area contributed by atoms with Gasteiger partial charge in [-0.1, -0.05) is 111 Å². The lowest BCUT2D eigenvalue weighted by atomic mass is 9.90. The van der Waals surface area contributed by atoms with Crippen LogP contribution in [0.5, 0.6) is 23.0 Å². The zero-order valence-electron chi connectivity index (χ0n) is 42.6. The molecule has 0 bridgehead atoms. The van der Waals surface area contributed by atoms with Gasteiger partial charge in [-0.2, -0.15) is 0 Å². The topological polar surface area (TPSA) is 155 Å². The highest BCUT2D eigenvalue weighted by Gasteiger charge is 2.27. The maximum atomic E-state index is 13.8. The fourth-order valence-corrected chi connectivity index (χ4v) is 7.85. The molecule has 0 aliphatic heterocycles. The highest BCUT2D eigenvalue weighted by Crippen LogP contribution is 2.41. The zero-order valence-corrected chi connectivity index (χ0v) is 42.6. The Balaban J connectivity index is 1.40. The van der Waals surface area contributed by atoms with Crippen LogP contribution in [0.4, 0.5) is 0 Å². The lowest BCUT2D eigenvalue weighted by molar-refractivity contribution is 0.0150. The predicted octanol–water partition coefficient (Wildman–Crippen LogP) is 13.6. The highest BCUT2D eigenvalue weighted by atomic mass is 16.6. The summed E-state index contributed by atoms with van der Waals surface area (Å²) in [6.07, 6.45) is 0. The number of hydrogen-bond acceptors (Lipinski definition) is 11. The number of carbonyl (C=O) groups is 4. The first-order valence-corrected chi connectivity index (χ1v) is 23.8. The van der Waals surface area contributed by atoms with Gasteiger partial charge in [0.25, 0.3) is 0 Å². The fraction of sp³-hybridized carbons (Fsp3) is 0.500. The number of esters is 4. The molecule has 0 aliphatic carbocycles. The quantitative estimate of drug-likeness (QED) is 0.0494. The third-order valence-electron chi connectivity index (χ3n) is 11.9. The Morgan fingerprint density at radius 3 is 0.776 bits per heavy atom. The van der Waals surface area contributed by atoms with Gasteiger partial charge in [0.1, 0.15) is 36.2 Å². The predicted molar refractivity (Wildman–Crippen MR) is 263 cm³/mol. The summed E-state index contributed by atoms with van der Waals surface area (Å²) in [5, 5.41) is 21.8. The largest absolute Gasteiger partial charge is 0.507 e. The van der Waals surface area contributed by atoms with Crippen molar-refractivity contribution in [3.63, 3.8) is 0 Å². The van der Waals surface area contributed by atoms with E-state index < -0.39 is 23.9 Å². The minimum absolute atomic E-state index is 0.0126. The number of rotatable bonds is 20. The van der Waals surface area contributed by atoms with Gasteiger partial charge < -0.3 is 33.9 Å². The molecule has 0 heterocycles. The minimum Gasteiger partial charge on any atom is -0.507 e. The Hall–Kier alpha value is -5.68. The van der Waals surface area contributed by atoms with Gasteiger partial charge in [-0.25, -0.2) is 19.2 Å². The molecule has 67 heavy (non-hydrogen) atoms. The van der Waals surface area contributed by atoms with Crippen molar-refractivity contribution in [2.24, 2.45) is 0 Å². The second-order valence-corrected chi connectivity index (χ2v) is 19.9. The van der Waals surface area contributed by atoms with Crippen molar-refractivity contribution in [2.45, 2.75) is 158 Å². The number of hydrogen-bond donors (Lipinski definition) is 2. The van der Waals surface area contributed by atoms with E-state index in [0.29, 0.717) is 78.3 Å². The standard InChI is InChI=1S/C56H74O11/c1-29(2)41-21-39(22-42(30(3)4)49(41)57)55(61)66-51-45(33(9)10)25-37(26-46(51)34(11)12)53(59)64-19-17-63-18-20-65-54(60)38-27-47(35(13)14)52(48(28-38)36(15)16)67-56(62)40-23-43(31(5)6)50(58)44(24-40)32(7)8/h21-36,57-58H,17-20H2,1-16H3. The second-order valence-electron chi connectivity index (χ2n) is 19.9. The summed E-state index contributed by atoms with van der Waals surface area (Å²) < 4.78 is 29.1. The molecule has 2 N–H and O–H groups in total. The first kappa shape index (κ1) is 53.9. The molecule has 4 aromatic carbocycles. The monoisotopic (exact) mass is 923 g/mol. The Labute approximate surface area is 398 Å². The number of ether oxygens (including phenoxy) is 5. The van der Waals surface area contributed by atoms with Crippen LogP contribution in [0.25, 0.3) is 0 Å². The molecule has 0 aliphatic rings. The molecule has 0 aromatic heterocycles. The van der Waals surface area contributed by atoms with E-state index in [9.17, 15) is 29.4 Å². The number of phenols is 2. The van der Waals surface area contributed by atoms with Gasteiger partial charge in [-0.3, -0.25) is 0 Å². The van der Waals surface area contributed by atoms with E-state index in [4.69, 9.17) is 23.7 Å². The second kappa shape index (κ2) is 23.4. The van der Waals surface area contributed by atoms with Gasteiger partial charge in [-0.15, -0.1) is 0 Å². The Kier molecular flexibility index (Phi) is 18.8. The Morgan fingerprint density at radius 1 is 0.343 bits per heavy atom. The SMILES string of the molecule is CC(C)c1cc(C(=O)Oc2c(C(C)C)cc(C(=O)OCCOCCOC(=O)c3cc(C(C)C)c(OC(=O)c4cc(C(C)C)c(O)c(C(C)C)c4)c(C(C)C)c3)cc2C(C)C)cc(C(C)C)c1O. The minimum atomic E-state index is -0.557. The number of benzene rings is 4. The summed E-state index contributed by atoms with van der Waals surface area (Å²) in [7, 11) is 0. The highest BCUT2D eigenvalue weighted by molar-refractivity contribution is 5.95. The van der Waals surface area contributed by atoms with E-state index in [2.05, 4.69) is 0 Å². The van der Waals surface area contributed by atoms with E-state index in [-0.39, 0.29) is 85.3 Å². The van der Waals surface area contributed by atoms with Gasteiger partial charge >= 0.3 is 23.9 Å². The molecule has 0 radical (unpaired) electrons. The Bertz CT molecular complexity index is 2130. The molecule has 0 spiro atoms. The molecule has 364 valence electrons. The van der Waals surface area contributed by atoms with Crippen LogP contribution in [-0.4, -0.2) is 60.5 Å². The third-order valence-corrected chi connectivity index (χ3v) is 11.9. The summed E-state index contributed by atoms with van der Waals surface area (Å²) in [6.45, 7) is 31.4. The van der Waals surface area contributed by atoms with Crippen LogP contribution in [0.3, 0.4) is 0 Å². The third kappa shape index (κ3) is 13.3. The molecule has 0 unspecified atom stereocenters. The summed E-state index contributed by atoms with van der Waals surface area (Å²) in [6, 6.07) is 13.5. The molecule has 4 rings (SSSR count). The lowest BCUT2D eigenvalue weighted by Crippen LogP contribution is -2.17. The molecule has 0 atom stereocenters. The van der Waals surface area contributed by atoms with Crippen LogP contribution in [-0.2, 0) is 14.2 Å². The van der Waals surface area contributed by atoms with Crippen LogP contribution < -0.4 is 9.47 Å². The van der Waals surface area contributed by atoms with Gasteiger partial charge in [-0.05, 0) is 140 Å². The average molecular weight is 923 g/mol. The number of carbonyl (C=O) groups excluding carboxylic acids is 4. The van der Waals surface area contributed by atoms with Crippen LogP contribution in [0.2, 0.25) is 0 Å². The maximum Gasteiger partial charge on any atom is 0.343 e. The maximum absolute atomic E-state index is 13.8. The van der Waals surface area contributed by atoms with Crippen molar-refractivity contribution >= 4 is 23.9 Å². The molecule has 0 saturated carbocycles. The summed E-state index contributed by atoms with van der Waals surface area (Å²) in [4.78, 5) is 54.3. The molecule has 11 heteroatoms. The van der Waals surface area contributed by atoms with Crippen molar-refractivity contribution in [1.82, 2.24) is 0 Å². The number of phenolic OH excluding ortho intramolecular Hbond substituents is 2. The molecule has 0 amide bonds. The summed E-state index contributed by atoms with van der Waals surface area (Å²) in [5.41, 5.74) is 6.75. The molecule has 11 nitrogen and oxygen atoms in total. The van der Waals surface area contributed by atoms with Crippen molar-refractivity contribution < 1.29 is 53.1 Å². The van der Waals surface area contributed by atoms with Crippen LogP contribution in [0, 0.1) is 0 Å². The van der Waals surface area contributed by atoms with E-state index in [1.54, 1.807) is 48.5 Å². The van der Waals surface area contributed by atoms with Crippen molar-refractivity contribution in [3.8, 4) is 23.0 Å². The smallest absolute Gasteiger partial charge is 0.343 e. The lowest BCUT2D eigenvalue weighted by Gasteiger charge is -2.22. The van der Waals surface area contributed by atoms with Crippen molar-refractivity contribution in [2.75, 3.05) is 26.4 Å². The van der Waals surface area contributed by atoms with E-state index >= 15 is 0 Å². The van der Waals surface area contributed by atoms with Crippen LogP contribution in [0.1, 0.15) is 244 Å². The number of aromatic hydroxyl groups is 2. The zero-order chi connectivity index (χ0) is 50.2. The van der Waals surface area contributed by atoms with Gasteiger partial charge in [0.15, 0.2) is 0 Å². The molecule has 0 fully saturated rings. The summed E-state index contributed by atoms with van der Waals surface area (Å²) >= 11 is 0. The van der Waals surface area contributed by atoms with E-state index in [1.807, 2.05) is 111 Å². The Morgan fingerprint density at radius 2 is 0.552 bits per heavy atom. The normalized spacial score (nSPS) is 11.8. The summed E-state index contributed by atoms with van der Waals surface area (Å²) in [5.74, 6) is -1.47. The van der Waals surface area contributed by atoms with Crippen LogP contribution >= 0.6 is 0 Å². The van der Waals surface area contributed by atoms with Gasteiger partial charge in [0, 0.05) is 0 Å².